The molecule has 1 aromatic carbocycles. The molecule has 0 atom stereocenters. The van der Waals surface area contributed by atoms with Gasteiger partial charge in [-0.25, -0.2) is 0 Å². The van der Waals surface area contributed by atoms with E-state index < -0.39 is 0 Å². The molecule has 1 aliphatic heterocycles. The summed E-state index contributed by atoms with van der Waals surface area (Å²) in [5, 5.41) is 3.45. The monoisotopic (exact) mass is 488 g/mol. The summed E-state index contributed by atoms with van der Waals surface area (Å²) >= 11 is 0. The van der Waals surface area contributed by atoms with Crippen molar-refractivity contribution in [3.8, 4) is 0 Å². The maximum atomic E-state index is 5.18. The van der Waals surface area contributed by atoms with Gasteiger partial charge in [-0.2, -0.15) is 0 Å². The molecule has 5 nitrogen and oxygen atoms in total. The lowest BCUT2D eigenvalue weighted by Crippen LogP contribution is -2.40. The van der Waals surface area contributed by atoms with Crippen LogP contribution in [0.25, 0.3) is 0 Å². The first-order valence-electron chi connectivity index (χ1n) is 9.89. The molecule has 1 fully saturated rings. The molecule has 1 N–H and O–H groups in total. The third-order valence-electron chi connectivity index (χ3n) is 5.18. The van der Waals surface area contributed by atoms with Crippen LogP contribution in [0.1, 0.15) is 30.9 Å². The number of piperidine rings is 1. The molecule has 1 heterocycles. The molecule has 154 valence electrons. The van der Waals surface area contributed by atoms with Crippen LogP contribution in [0.5, 0.6) is 0 Å². The van der Waals surface area contributed by atoms with Crippen LogP contribution < -0.4 is 5.32 Å². The second-order valence-corrected chi connectivity index (χ2v) is 7.25. The largest absolute Gasteiger partial charge is 0.383 e. The van der Waals surface area contributed by atoms with Crippen molar-refractivity contribution >= 4 is 29.9 Å². The van der Waals surface area contributed by atoms with Crippen molar-refractivity contribution in [2.75, 3.05) is 53.5 Å². The van der Waals surface area contributed by atoms with Crippen molar-refractivity contribution in [3.05, 3.63) is 35.4 Å². The van der Waals surface area contributed by atoms with Gasteiger partial charge in [-0.3, -0.25) is 4.99 Å². The van der Waals surface area contributed by atoms with Gasteiger partial charge in [0.2, 0.25) is 0 Å². The maximum Gasteiger partial charge on any atom is 0.193 e. The number of hydrogen-bond acceptors (Lipinski definition) is 3. The number of benzene rings is 1. The Morgan fingerprint density at radius 3 is 2.63 bits per heavy atom. The van der Waals surface area contributed by atoms with E-state index in [1.807, 2.05) is 0 Å². The molecule has 1 aromatic rings. The third kappa shape index (κ3) is 8.35. The average molecular weight is 488 g/mol. The van der Waals surface area contributed by atoms with Crippen LogP contribution in [0, 0.1) is 12.8 Å². The highest BCUT2D eigenvalue weighted by Crippen LogP contribution is 2.17. The number of guanidine groups is 1. The van der Waals surface area contributed by atoms with Gasteiger partial charge in [-0.15, -0.1) is 24.0 Å². The summed E-state index contributed by atoms with van der Waals surface area (Å²) in [5.41, 5.74) is 2.69. The van der Waals surface area contributed by atoms with E-state index in [-0.39, 0.29) is 24.0 Å². The molecule has 1 saturated heterocycles. The Kier molecular flexibility index (Phi) is 11.9. The van der Waals surface area contributed by atoms with E-state index in [2.05, 4.69) is 60.3 Å². The van der Waals surface area contributed by atoms with Crippen LogP contribution in [-0.2, 0) is 11.3 Å². The number of methoxy groups -OCH3 is 1. The van der Waals surface area contributed by atoms with Gasteiger partial charge in [0.05, 0.1) is 6.61 Å². The summed E-state index contributed by atoms with van der Waals surface area (Å²) in [6.45, 7) is 11.2. The van der Waals surface area contributed by atoms with Crippen LogP contribution in [0.3, 0.4) is 0 Å². The highest BCUT2D eigenvalue weighted by atomic mass is 127. The minimum atomic E-state index is 0. The Labute approximate surface area is 182 Å². The molecule has 1 aliphatic rings. The fourth-order valence-electron chi connectivity index (χ4n) is 3.42. The number of aryl methyl sites for hydroxylation is 1. The lowest BCUT2D eigenvalue weighted by atomic mass is 9.97. The van der Waals surface area contributed by atoms with Gasteiger partial charge in [-0.05, 0) is 56.8 Å². The molecule has 0 radical (unpaired) electrons. The van der Waals surface area contributed by atoms with E-state index in [1.54, 1.807) is 7.11 Å². The highest BCUT2D eigenvalue weighted by molar-refractivity contribution is 14.0. The topological polar surface area (TPSA) is 40.1 Å². The van der Waals surface area contributed by atoms with Gasteiger partial charge < -0.3 is 19.9 Å². The molecule has 0 bridgehead atoms. The van der Waals surface area contributed by atoms with Crippen molar-refractivity contribution in [2.24, 2.45) is 10.9 Å². The smallest absolute Gasteiger partial charge is 0.193 e. The van der Waals surface area contributed by atoms with Crippen LogP contribution >= 0.6 is 24.0 Å². The molecule has 2 rings (SSSR count). The average Bonchev–Trinajstić information content (AvgIpc) is 2.66. The van der Waals surface area contributed by atoms with Gasteiger partial charge in [0.25, 0.3) is 0 Å². The summed E-state index contributed by atoms with van der Waals surface area (Å²) in [6.07, 6.45) is 2.46. The summed E-state index contributed by atoms with van der Waals surface area (Å²) in [5.74, 6) is 1.70. The Morgan fingerprint density at radius 1 is 1.30 bits per heavy atom. The molecule has 0 unspecified atom stereocenters. The zero-order valence-corrected chi connectivity index (χ0v) is 19.7. The molecule has 6 heteroatoms. The molecule has 0 aromatic heterocycles. The summed E-state index contributed by atoms with van der Waals surface area (Å²) in [4.78, 5) is 9.67. The lowest BCUT2D eigenvalue weighted by molar-refractivity contribution is 0.121. The van der Waals surface area contributed by atoms with Gasteiger partial charge in [-0.1, -0.05) is 24.3 Å². The quantitative estimate of drug-likeness (QED) is 0.346. The first-order valence-corrected chi connectivity index (χ1v) is 9.89. The zero-order chi connectivity index (χ0) is 18.8. The van der Waals surface area contributed by atoms with E-state index in [4.69, 9.17) is 9.73 Å². The highest BCUT2D eigenvalue weighted by Gasteiger charge is 2.19. The summed E-state index contributed by atoms with van der Waals surface area (Å²) in [7, 11) is 3.90. The van der Waals surface area contributed by atoms with E-state index >= 15 is 0 Å². The van der Waals surface area contributed by atoms with Gasteiger partial charge >= 0.3 is 0 Å². The number of ether oxygens (including phenoxy) is 1. The molecule has 0 saturated carbocycles. The fraction of sp³-hybridized carbons (Fsp3) is 0.667. The number of hydrogen-bond donors (Lipinski definition) is 1. The Morgan fingerprint density at radius 2 is 2.00 bits per heavy atom. The molecule has 0 aliphatic carbocycles. The molecule has 0 spiro atoms. The molecule has 27 heavy (non-hydrogen) atoms. The predicted molar refractivity (Wildman–Crippen MR) is 125 cm³/mol. The minimum absolute atomic E-state index is 0. The standard InChI is InChI=1S/C21H36N4O.HI/c1-5-22-21(24(3)17-20-9-7-6-8-18(20)2)23-16-19-10-12-25(13-11-19)14-15-26-4;/h6-9,19H,5,10-17H2,1-4H3,(H,22,23);1H. The second-order valence-electron chi connectivity index (χ2n) is 7.25. The van der Waals surface area contributed by atoms with Crippen LogP contribution in [0.4, 0.5) is 0 Å². The van der Waals surface area contributed by atoms with Crippen molar-refractivity contribution in [1.82, 2.24) is 15.1 Å². The number of nitrogens with one attached hydrogen (secondary N) is 1. The summed E-state index contributed by atoms with van der Waals surface area (Å²) in [6, 6.07) is 8.57. The molecular weight excluding hydrogens is 451 g/mol. The Bertz CT molecular complexity index is 559. The van der Waals surface area contributed by atoms with Crippen LogP contribution in [0.15, 0.2) is 29.3 Å². The predicted octanol–water partition coefficient (Wildman–Crippen LogP) is 3.37. The van der Waals surface area contributed by atoms with E-state index in [0.717, 1.165) is 38.7 Å². The number of halogens is 1. The number of rotatable bonds is 8. The number of nitrogens with zero attached hydrogens (tertiary/aromatic N) is 3. The third-order valence-corrected chi connectivity index (χ3v) is 5.18. The van der Waals surface area contributed by atoms with E-state index in [9.17, 15) is 0 Å². The van der Waals surface area contributed by atoms with Crippen molar-refractivity contribution in [3.63, 3.8) is 0 Å². The molecule has 0 amide bonds. The SMILES string of the molecule is CCNC(=NCC1CCN(CCOC)CC1)N(C)Cc1ccccc1C.I. The first-order chi connectivity index (χ1) is 12.6. The van der Waals surface area contributed by atoms with Gasteiger partial charge in [0, 0.05) is 40.3 Å². The first kappa shape index (κ1) is 24.2. The Hall–Kier alpha value is -0.860. The number of likely N-dealkylation sites (tertiary alicyclic amines) is 1. The van der Waals surface area contributed by atoms with E-state index in [0.29, 0.717) is 5.92 Å². The maximum absolute atomic E-state index is 5.18. The lowest BCUT2D eigenvalue weighted by Gasteiger charge is -2.31. The second kappa shape index (κ2) is 13.3. The van der Waals surface area contributed by atoms with Crippen molar-refractivity contribution in [2.45, 2.75) is 33.2 Å². The fourth-order valence-corrected chi connectivity index (χ4v) is 3.42. The van der Waals surface area contributed by atoms with E-state index in [1.165, 1.54) is 37.1 Å². The van der Waals surface area contributed by atoms with Crippen molar-refractivity contribution < 1.29 is 4.74 Å². The Balaban J connectivity index is 0.00000364. The zero-order valence-electron chi connectivity index (χ0n) is 17.4. The van der Waals surface area contributed by atoms with Gasteiger partial charge in [0.15, 0.2) is 5.96 Å². The van der Waals surface area contributed by atoms with Crippen molar-refractivity contribution in [1.29, 1.82) is 0 Å². The van der Waals surface area contributed by atoms with Gasteiger partial charge in [0.1, 0.15) is 0 Å². The van der Waals surface area contributed by atoms with Crippen LogP contribution in [0.2, 0.25) is 0 Å². The molecular formula is C21H37IN4O. The van der Waals surface area contributed by atoms with Crippen LogP contribution in [-0.4, -0.2) is 69.2 Å². The normalized spacial score (nSPS) is 16.1. The minimum Gasteiger partial charge on any atom is -0.383 e. The number of aliphatic imine (C=N–C) groups is 1. The summed E-state index contributed by atoms with van der Waals surface area (Å²) < 4.78 is 5.18.